The summed E-state index contributed by atoms with van der Waals surface area (Å²) in [5.41, 5.74) is 6.71. The van der Waals surface area contributed by atoms with Crippen molar-refractivity contribution in [2.24, 2.45) is 0 Å². The minimum atomic E-state index is 0.487. The van der Waals surface area contributed by atoms with Crippen molar-refractivity contribution in [2.75, 3.05) is 0 Å². The van der Waals surface area contributed by atoms with E-state index in [0.29, 0.717) is 36.6 Å². The average molecular weight is 539 g/mol. The Morgan fingerprint density at radius 3 is 1.54 bits per heavy atom. The van der Waals surface area contributed by atoms with Gasteiger partial charge in [0.25, 0.3) is 0 Å². The molecule has 2 aromatic heterocycles. The Bertz CT molecular complexity index is 1080. The van der Waals surface area contributed by atoms with Crippen LogP contribution in [0.3, 0.4) is 0 Å². The number of benzene rings is 2. The van der Waals surface area contributed by atoms with Gasteiger partial charge >= 0.3 is 187 Å². The third-order valence-electron chi connectivity index (χ3n) is 4.50. The summed E-state index contributed by atoms with van der Waals surface area (Å²) >= 11 is 13.8. The molecular formula is C22H18Cl2N2Se2. The molecule has 0 bridgehead atoms. The van der Waals surface area contributed by atoms with E-state index < -0.39 is 0 Å². The molecule has 28 heavy (non-hydrogen) atoms. The van der Waals surface area contributed by atoms with Gasteiger partial charge in [-0.3, -0.25) is 0 Å². The molecule has 0 N–H and O–H groups in total. The molecule has 0 saturated heterocycles. The zero-order valence-electron chi connectivity index (χ0n) is 15.5. The molecule has 142 valence electrons. The third-order valence-corrected chi connectivity index (χ3v) is 11.7. The number of fused-ring (bicyclic) bond motifs is 2. The number of pyridine rings is 2. The van der Waals surface area contributed by atoms with Crippen molar-refractivity contribution in [1.29, 1.82) is 0 Å². The van der Waals surface area contributed by atoms with Crippen LogP contribution in [0.25, 0.3) is 21.8 Å². The van der Waals surface area contributed by atoms with Gasteiger partial charge in [0.15, 0.2) is 0 Å². The van der Waals surface area contributed by atoms with Crippen molar-refractivity contribution in [3.05, 3.63) is 81.1 Å². The van der Waals surface area contributed by atoms with Crippen LogP contribution in [0.1, 0.15) is 22.3 Å². The number of hydrogen-bond acceptors (Lipinski definition) is 2. The van der Waals surface area contributed by atoms with Gasteiger partial charge in [-0.1, -0.05) is 0 Å². The molecule has 0 atom stereocenters. The maximum atomic E-state index is 6.42. The molecule has 2 nitrogen and oxygen atoms in total. The van der Waals surface area contributed by atoms with E-state index in [4.69, 9.17) is 23.2 Å². The molecule has 0 radical (unpaired) electrons. The fourth-order valence-corrected chi connectivity index (χ4v) is 10.2. The second-order valence-corrected chi connectivity index (χ2v) is 14.8. The molecule has 4 rings (SSSR count). The number of halogens is 2. The van der Waals surface area contributed by atoms with Gasteiger partial charge in [0, 0.05) is 0 Å². The Labute approximate surface area is 185 Å². The molecule has 0 aliphatic carbocycles. The van der Waals surface area contributed by atoms with Gasteiger partial charge in [0.2, 0.25) is 0 Å². The van der Waals surface area contributed by atoms with E-state index in [2.05, 4.69) is 60.2 Å². The Kier molecular flexibility index (Phi) is 6.27. The molecule has 0 amide bonds. The number of aryl methyl sites for hydroxylation is 2. The van der Waals surface area contributed by atoms with Crippen LogP contribution in [0.5, 0.6) is 0 Å². The van der Waals surface area contributed by atoms with Crippen LogP contribution in [-0.2, 0) is 10.6 Å². The van der Waals surface area contributed by atoms with E-state index in [1.165, 1.54) is 21.9 Å². The first-order valence-corrected chi connectivity index (χ1v) is 16.4. The SMILES string of the molecule is Cc1ccc2nc(Cl)c(C[Se][Se]Cc3cc4cc(C)ccc4nc3Cl)cc2c1. The molecular weight excluding hydrogens is 521 g/mol. The summed E-state index contributed by atoms with van der Waals surface area (Å²) < 4.78 is 0. The zero-order valence-corrected chi connectivity index (χ0v) is 20.4. The first-order chi connectivity index (χ1) is 13.5. The topological polar surface area (TPSA) is 25.8 Å². The predicted octanol–water partition coefficient (Wildman–Crippen LogP) is 5.73. The minimum absolute atomic E-state index is 0.487. The summed E-state index contributed by atoms with van der Waals surface area (Å²) in [4.78, 5) is 9.12. The maximum absolute atomic E-state index is 6.42. The number of aromatic nitrogens is 2. The summed E-state index contributed by atoms with van der Waals surface area (Å²) in [5.74, 6) is 0. The van der Waals surface area contributed by atoms with E-state index in [1.54, 1.807) is 0 Å². The van der Waals surface area contributed by atoms with Crippen LogP contribution >= 0.6 is 23.2 Å². The van der Waals surface area contributed by atoms with Crippen LogP contribution < -0.4 is 0 Å². The molecule has 2 heterocycles. The van der Waals surface area contributed by atoms with Crippen molar-refractivity contribution in [2.45, 2.75) is 24.5 Å². The van der Waals surface area contributed by atoms with Gasteiger partial charge in [-0.15, -0.1) is 0 Å². The molecule has 0 spiro atoms. The monoisotopic (exact) mass is 540 g/mol. The molecule has 4 aromatic rings. The van der Waals surface area contributed by atoms with Gasteiger partial charge in [-0.05, 0) is 0 Å². The summed E-state index contributed by atoms with van der Waals surface area (Å²) in [7, 11) is 0. The summed E-state index contributed by atoms with van der Waals surface area (Å²) in [6.45, 7) is 4.20. The van der Waals surface area contributed by atoms with E-state index in [0.717, 1.165) is 32.8 Å². The van der Waals surface area contributed by atoms with Gasteiger partial charge in [-0.2, -0.15) is 0 Å². The average Bonchev–Trinajstić information content (AvgIpc) is 2.66. The Morgan fingerprint density at radius 2 is 1.11 bits per heavy atom. The quantitative estimate of drug-likeness (QED) is 0.184. The zero-order chi connectivity index (χ0) is 19.7. The predicted molar refractivity (Wildman–Crippen MR) is 122 cm³/mol. The van der Waals surface area contributed by atoms with Crippen molar-refractivity contribution in [1.82, 2.24) is 9.97 Å². The van der Waals surface area contributed by atoms with E-state index in [1.807, 2.05) is 12.1 Å². The van der Waals surface area contributed by atoms with Gasteiger partial charge in [0.05, 0.1) is 0 Å². The van der Waals surface area contributed by atoms with E-state index in [-0.39, 0.29) is 0 Å². The first-order valence-electron chi connectivity index (χ1n) is 8.85. The number of hydrogen-bond donors (Lipinski definition) is 0. The van der Waals surface area contributed by atoms with Crippen LogP contribution in [0.4, 0.5) is 0 Å². The molecule has 0 saturated carbocycles. The van der Waals surface area contributed by atoms with E-state index in [9.17, 15) is 0 Å². The van der Waals surface area contributed by atoms with Crippen LogP contribution in [0.15, 0.2) is 48.5 Å². The Balaban J connectivity index is 1.44. The third kappa shape index (κ3) is 4.54. The second-order valence-electron chi connectivity index (χ2n) is 6.79. The van der Waals surface area contributed by atoms with Crippen LogP contribution in [0, 0.1) is 13.8 Å². The number of rotatable bonds is 5. The molecule has 0 fully saturated rings. The second kappa shape index (κ2) is 8.71. The van der Waals surface area contributed by atoms with Crippen molar-refractivity contribution < 1.29 is 0 Å². The van der Waals surface area contributed by atoms with Crippen LogP contribution in [0.2, 0.25) is 10.3 Å². The standard InChI is InChI=1S/C22H18Cl2N2Se2/c1-13-3-5-19-15(7-13)9-17(21(23)25-19)11-27-28-12-18-10-16-8-14(2)4-6-20(16)26-22(18)24/h3-10H,11-12H2,1-2H3. The van der Waals surface area contributed by atoms with E-state index >= 15 is 0 Å². The Morgan fingerprint density at radius 1 is 0.679 bits per heavy atom. The van der Waals surface area contributed by atoms with Gasteiger partial charge in [-0.25, -0.2) is 0 Å². The van der Waals surface area contributed by atoms with Crippen molar-refractivity contribution in [3.8, 4) is 0 Å². The fraction of sp³-hybridized carbons (Fsp3) is 0.182. The molecule has 6 heteroatoms. The summed E-state index contributed by atoms with van der Waals surface area (Å²) in [5, 5.41) is 5.60. The molecule has 0 aliphatic heterocycles. The molecule has 0 aliphatic rings. The fourth-order valence-electron chi connectivity index (χ4n) is 3.05. The molecule has 2 aromatic carbocycles. The van der Waals surface area contributed by atoms with Crippen molar-refractivity contribution in [3.63, 3.8) is 0 Å². The van der Waals surface area contributed by atoms with Gasteiger partial charge < -0.3 is 0 Å². The summed E-state index contributed by atoms with van der Waals surface area (Å²) in [6.07, 6.45) is 0. The normalized spacial score (nSPS) is 11.4. The molecule has 0 unspecified atom stereocenters. The number of nitrogens with zero attached hydrogens (tertiary/aromatic N) is 2. The van der Waals surface area contributed by atoms with Gasteiger partial charge in [0.1, 0.15) is 0 Å². The first kappa shape index (κ1) is 20.2. The Hall–Kier alpha value is -1.12. The van der Waals surface area contributed by atoms with Crippen LogP contribution in [-0.4, -0.2) is 36.2 Å². The summed E-state index contributed by atoms with van der Waals surface area (Å²) in [6, 6.07) is 16.9. The van der Waals surface area contributed by atoms with Crippen molar-refractivity contribution >= 4 is 71.3 Å².